The summed E-state index contributed by atoms with van der Waals surface area (Å²) in [5.41, 5.74) is 8.79. The highest BCUT2D eigenvalue weighted by molar-refractivity contribution is 9.10. The third-order valence-electron chi connectivity index (χ3n) is 2.57. The normalized spacial score (nSPS) is 10.5. The number of rotatable bonds is 3. The Bertz CT molecular complexity index is 533. The average Bonchev–Trinajstić information content (AvgIpc) is 2.56. The van der Waals surface area contributed by atoms with Gasteiger partial charge in [-0.15, -0.1) is 0 Å². The van der Waals surface area contributed by atoms with Crippen molar-refractivity contribution in [3.63, 3.8) is 0 Å². The number of nitrogen functional groups attached to an aromatic ring is 1. The fourth-order valence-electron chi connectivity index (χ4n) is 1.69. The van der Waals surface area contributed by atoms with Crippen LogP contribution in [0.15, 0.2) is 28.7 Å². The second-order valence-electron chi connectivity index (χ2n) is 3.99. The Labute approximate surface area is 109 Å². The highest BCUT2D eigenvalue weighted by Gasteiger charge is 2.03. The van der Waals surface area contributed by atoms with Crippen LogP contribution in [0.25, 0.3) is 0 Å². The van der Waals surface area contributed by atoms with Gasteiger partial charge in [0.05, 0.1) is 5.69 Å². The summed E-state index contributed by atoms with van der Waals surface area (Å²) >= 11 is 3.39. The fraction of sp³-hybridized carbons (Fsp3) is 0.250. The van der Waals surface area contributed by atoms with E-state index in [2.05, 4.69) is 26.3 Å². The van der Waals surface area contributed by atoms with Gasteiger partial charge in [0.15, 0.2) is 0 Å². The number of aromatic nitrogens is 2. The third kappa shape index (κ3) is 2.79. The van der Waals surface area contributed by atoms with Gasteiger partial charge in [-0.2, -0.15) is 5.10 Å². The standard InChI is InChI=1S/C12H15BrN4/c1-8-5-12(17(2)16-8)15-7-9-3-4-10(13)6-11(9)14/h3-6,15H,7,14H2,1-2H3. The van der Waals surface area contributed by atoms with E-state index in [1.165, 1.54) is 0 Å². The lowest BCUT2D eigenvalue weighted by atomic mass is 10.2. The minimum atomic E-state index is 0.693. The van der Waals surface area contributed by atoms with E-state index in [1.54, 1.807) is 0 Å². The van der Waals surface area contributed by atoms with Gasteiger partial charge in [-0.05, 0) is 24.6 Å². The lowest BCUT2D eigenvalue weighted by Crippen LogP contribution is -2.06. The lowest BCUT2D eigenvalue weighted by molar-refractivity contribution is 0.758. The molecule has 5 heteroatoms. The van der Waals surface area contributed by atoms with Crippen LogP contribution in [-0.4, -0.2) is 9.78 Å². The van der Waals surface area contributed by atoms with Crippen molar-refractivity contribution in [3.8, 4) is 0 Å². The van der Waals surface area contributed by atoms with E-state index in [1.807, 2.05) is 42.9 Å². The molecule has 0 bridgehead atoms. The molecule has 0 aliphatic rings. The van der Waals surface area contributed by atoms with Crippen molar-refractivity contribution < 1.29 is 0 Å². The molecule has 0 saturated carbocycles. The van der Waals surface area contributed by atoms with Crippen molar-refractivity contribution in [3.05, 3.63) is 40.0 Å². The zero-order chi connectivity index (χ0) is 12.4. The molecule has 0 aliphatic carbocycles. The van der Waals surface area contributed by atoms with Gasteiger partial charge in [0.25, 0.3) is 0 Å². The molecule has 0 atom stereocenters. The summed E-state index contributed by atoms with van der Waals surface area (Å²) in [4.78, 5) is 0. The maximum atomic E-state index is 5.94. The van der Waals surface area contributed by atoms with Crippen LogP contribution in [0, 0.1) is 6.92 Å². The van der Waals surface area contributed by atoms with E-state index in [0.29, 0.717) is 6.54 Å². The molecule has 2 rings (SSSR count). The predicted molar refractivity (Wildman–Crippen MR) is 73.8 cm³/mol. The van der Waals surface area contributed by atoms with Crippen LogP contribution in [0.5, 0.6) is 0 Å². The minimum Gasteiger partial charge on any atom is -0.398 e. The Morgan fingerprint density at radius 2 is 2.18 bits per heavy atom. The minimum absolute atomic E-state index is 0.693. The van der Waals surface area contributed by atoms with Crippen molar-refractivity contribution >= 4 is 27.4 Å². The Morgan fingerprint density at radius 1 is 1.41 bits per heavy atom. The number of benzene rings is 1. The zero-order valence-electron chi connectivity index (χ0n) is 9.87. The number of nitrogens with zero attached hydrogens (tertiary/aromatic N) is 2. The van der Waals surface area contributed by atoms with Gasteiger partial charge in [0.2, 0.25) is 0 Å². The van der Waals surface area contributed by atoms with Crippen LogP contribution in [0.1, 0.15) is 11.3 Å². The topological polar surface area (TPSA) is 55.9 Å². The van der Waals surface area contributed by atoms with Gasteiger partial charge < -0.3 is 11.1 Å². The van der Waals surface area contributed by atoms with E-state index in [9.17, 15) is 0 Å². The molecule has 1 aromatic carbocycles. The first kappa shape index (κ1) is 12.0. The summed E-state index contributed by atoms with van der Waals surface area (Å²) in [6, 6.07) is 7.91. The second-order valence-corrected chi connectivity index (χ2v) is 4.91. The number of nitrogens with one attached hydrogen (secondary N) is 1. The van der Waals surface area contributed by atoms with Crippen molar-refractivity contribution in [2.24, 2.45) is 7.05 Å². The molecule has 3 N–H and O–H groups in total. The van der Waals surface area contributed by atoms with E-state index >= 15 is 0 Å². The van der Waals surface area contributed by atoms with E-state index in [4.69, 9.17) is 5.73 Å². The first-order valence-corrected chi connectivity index (χ1v) is 6.14. The van der Waals surface area contributed by atoms with Gasteiger partial charge in [-0.1, -0.05) is 22.0 Å². The lowest BCUT2D eigenvalue weighted by Gasteiger charge is -2.09. The van der Waals surface area contributed by atoms with Gasteiger partial charge >= 0.3 is 0 Å². The van der Waals surface area contributed by atoms with Gasteiger partial charge in [0.1, 0.15) is 5.82 Å². The first-order valence-electron chi connectivity index (χ1n) is 5.34. The number of halogens is 1. The van der Waals surface area contributed by atoms with Crippen LogP contribution in [0.3, 0.4) is 0 Å². The maximum absolute atomic E-state index is 5.94. The summed E-state index contributed by atoms with van der Waals surface area (Å²) in [5.74, 6) is 0.991. The van der Waals surface area contributed by atoms with Crippen molar-refractivity contribution in [1.29, 1.82) is 0 Å². The van der Waals surface area contributed by atoms with Crippen molar-refractivity contribution in [2.75, 3.05) is 11.1 Å². The molecule has 0 radical (unpaired) electrons. The van der Waals surface area contributed by atoms with Crippen LogP contribution in [-0.2, 0) is 13.6 Å². The van der Waals surface area contributed by atoms with Crippen molar-refractivity contribution in [2.45, 2.75) is 13.5 Å². The molecule has 0 aliphatic heterocycles. The molecule has 0 spiro atoms. The monoisotopic (exact) mass is 294 g/mol. The van der Waals surface area contributed by atoms with Gasteiger partial charge in [-0.25, -0.2) is 0 Å². The summed E-state index contributed by atoms with van der Waals surface area (Å²) in [5, 5.41) is 7.59. The van der Waals surface area contributed by atoms with Crippen LogP contribution in [0.4, 0.5) is 11.5 Å². The molecular weight excluding hydrogens is 280 g/mol. The summed E-state index contributed by atoms with van der Waals surface area (Å²) in [7, 11) is 1.92. The maximum Gasteiger partial charge on any atom is 0.124 e. The molecular formula is C12H15BrN4. The van der Waals surface area contributed by atoms with Gasteiger partial charge in [0, 0.05) is 29.8 Å². The van der Waals surface area contributed by atoms with Crippen LogP contribution >= 0.6 is 15.9 Å². The first-order chi connectivity index (χ1) is 8.06. The molecule has 90 valence electrons. The smallest absolute Gasteiger partial charge is 0.124 e. The largest absolute Gasteiger partial charge is 0.398 e. The van der Waals surface area contributed by atoms with Crippen LogP contribution < -0.4 is 11.1 Å². The Morgan fingerprint density at radius 3 is 2.76 bits per heavy atom. The highest BCUT2D eigenvalue weighted by Crippen LogP contribution is 2.19. The third-order valence-corrected chi connectivity index (χ3v) is 3.06. The zero-order valence-corrected chi connectivity index (χ0v) is 11.5. The molecule has 0 unspecified atom stereocenters. The molecule has 2 aromatic rings. The number of nitrogens with two attached hydrogens (primary N) is 1. The van der Waals surface area contributed by atoms with Gasteiger partial charge in [-0.3, -0.25) is 4.68 Å². The Balaban J connectivity index is 2.10. The summed E-state index contributed by atoms with van der Waals surface area (Å²) in [6.45, 7) is 2.66. The fourth-order valence-corrected chi connectivity index (χ4v) is 2.07. The second kappa shape index (κ2) is 4.79. The predicted octanol–water partition coefficient (Wildman–Crippen LogP) is 2.69. The number of aryl methyl sites for hydroxylation is 2. The SMILES string of the molecule is Cc1cc(NCc2ccc(Br)cc2N)n(C)n1. The number of hydrogen-bond acceptors (Lipinski definition) is 3. The molecule has 1 aromatic heterocycles. The molecule has 1 heterocycles. The molecule has 17 heavy (non-hydrogen) atoms. The van der Waals surface area contributed by atoms with Crippen molar-refractivity contribution in [1.82, 2.24) is 9.78 Å². The van der Waals surface area contributed by atoms with E-state index in [-0.39, 0.29) is 0 Å². The molecule has 0 fully saturated rings. The number of hydrogen-bond donors (Lipinski definition) is 2. The number of anilines is 2. The molecule has 0 saturated heterocycles. The quantitative estimate of drug-likeness (QED) is 0.856. The average molecular weight is 295 g/mol. The summed E-state index contributed by atoms with van der Waals surface area (Å²) < 4.78 is 2.82. The Hall–Kier alpha value is -1.49. The molecule has 4 nitrogen and oxygen atoms in total. The van der Waals surface area contributed by atoms with E-state index < -0.39 is 0 Å². The van der Waals surface area contributed by atoms with E-state index in [0.717, 1.165) is 27.2 Å². The molecule has 0 amide bonds. The Kier molecular flexibility index (Phi) is 3.38. The highest BCUT2D eigenvalue weighted by atomic mass is 79.9. The summed E-state index contributed by atoms with van der Waals surface area (Å²) in [6.07, 6.45) is 0. The van der Waals surface area contributed by atoms with Crippen LogP contribution in [0.2, 0.25) is 0 Å².